The molecule has 24 heavy (non-hydrogen) atoms. The van der Waals surface area contributed by atoms with Crippen LogP contribution >= 0.6 is 0 Å². The molecule has 1 heterocycles. The minimum Gasteiger partial charge on any atom is -0.273 e. The molecule has 2 aromatic rings. The van der Waals surface area contributed by atoms with Gasteiger partial charge in [-0.2, -0.15) is 5.10 Å². The van der Waals surface area contributed by atoms with Gasteiger partial charge in [0.15, 0.2) is 0 Å². The standard InChI is InChI=1S/C18H17N3O3/c1-2-18(22)20-17(14-9-6-10-15(11-14)21(23)24)12-16(19-20)13-7-4-3-5-8-13/h3-11,17H,2,12H2,1H3/t17-/m0/s1. The number of nitro groups is 1. The van der Waals surface area contributed by atoms with Crippen LogP contribution in [-0.4, -0.2) is 21.6 Å². The van der Waals surface area contributed by atoms with E-state index in [-0.39, 0.29) is 17.6 Å². The fraction of sp³-hybridized carbons (Fsp3) is 0.222. The van der Waals surface area contributed by atoms with Gasteiger partial charge in [-0.05, 0) is 11.1 Å². The third-order valence-corrected chi connectivity index (χ3v) is 4.04. The van der Waals surface area contributed by atoms with Gasteiger partial charge in [0.05, 0.1) is 16.7 Å². The lowest BCUT2D eigenvalue weighted by molar-refractivity contribution is -0.384. The molecule has 6 heteroatoms. The first-order valence-corrected chi connectivity index (χ1v) is 7.79. The third-order valence-electron chi connectivity index (χ3n) is 4.04. The Labute approximate surface area is 139 Å². The maximum Gasteiger partial charge on any atom is 0.269 e. The van der Waals surface area contributed by atoms with Crippen molar-refractivity contribution >= 4 is 17.3 Å². The van der Waals surface area contributed by atoms with Gasteiger partial charge in [-0.1, -0.05) is 49.4 Å². The molecule has 1 atom stereocenters. The second kappa shape index (κ2) is 6.62. The van der Waals surface area contributed by atoms with Crippen molar-refractivity contribution in [1.29, 1.82) is 0 Å². The maximum absolute atomic E-state index is 12.3. The van der Waals surface area contributed by atoms with Crippen LogP contribution in [0.1, 0.15) is 36.9 Å². The van der Waals surface area contributed by atoms with Gasteiger partial charge in [-0.15, -0.1) is 0 Å². The van der Waals surface area contributed by atoms with E-state index in [0.29, 0.717) is 12.8 Å². The van der Waals surface area contributed by atoms with Gasteiger partial charge in [-0.3, -0.25) is 14.9 Å². The molecule has 3 rings (SSSR count). The van der Waals surface area contributed by atoms with Crippen molar-refractivity contribution in [2.24, 2.45) is 5.10 Å². The minimum absolute atomic E-state index is 0.0181. The van der Waals surface area contributed by atoms with E-state index < -0.39 is 4.92 Å². The summed E-state index contributed by atoms with van der Waals surface area (Å²) in [5.41, 5.74) is 2.51. The molecule has 0 saturated carbocycles. The summed E-state index contributed by atoms with van der Waals surface area (Å²) in [4.78, 5) is 22.9. The van der Waals surface area contributed by atoms with Crippen LogP contribution in [-0.2, 0) is 4.79 Å². The van der Waals surface area contributed by atoms with Gasteiger partial charge in [0.25, 0.3) is 5.69 Å². The van der Waals surface area contributed by atoms with Crippen LogP contribution in [0.25, 0.3) is 0 Å². The third kappa shape index (κ3) is 3.03. The Morgan fingerprint density at radius 2 is 2.00 bits per heavy atom. The number of nitrogens with zero attached hydrogens (tertiary/aromatic N) is 3. The molecule has 0 aliphatic carbocycles. The number of non-ortho nitro benzene ring substituents is 1. The monoisotopic (exact) mass is 323 g/mol. The molecule has 0 fully saturated rings. The van der Waals surface area contributed by atoms with Crippen LogP contribution in [0.4, 0.5) is 5.69 Å². The second-order valence-corrected chi connectivity index (χ2v) is 5.58. The van der Waals surface area contributed by atoms with Gasteiger partial charge >= 0.3 is 0 Å². The van der Waals surface area contributed by atoms with E-state index in [1.165, 1.54) is 17.1 Å². The Morgan fingerprint density at radius 1 is 1.25 bits per heavy atom. The van der Waals surface area contributed by atoms with E-state index in [1.807, 2.05) is 30.3 Å². The fourth-order valence-corrected chi connectivity index (χ4v) is 2.81. The van der Waals surface area contributed by atoms with Gasteiger partial charge in [-0.25, -0.2) is 5.01 Å². The summed E-state index contributed by atoms with van der Waals surface area (Å²) in [5, 5.41) is 17.0. The molecule has 1 amide bonds. The number of carbonyl (C=O) groups excluding carboxylic acids is 1. The van der Waals surface area contributed by atoms with E-state index in [1.54, 1.807) is 19.1 Å². The second-order valence-electron chi connectivity index (χ2n) is 5.58. The van der Waals surface area contributed by atoms with E-state index in [4.69, 9.17) is 0 Å². The molecule has 6 nitrogen and oxygen atoms in total. The van der Waals surface area contributed by atoms with Crippen LogP contribution in [0.3, 0.4) is 0 Å². The molecule has 2 aromatic carbocycles. The molecule has 0 bridgehead atoms. The largest absolute Gasteiger partial charge is 0.273 e. The molecule has 0 aromatic heterocycles. The molecule has 1 aliphatic rings. The summed E-state index contributed by atoms with van der Waals surface area (Å²) in [7, 11) is 0. The normalized spacial score (nSPS) is 16.8. The molecule has 0 saturated heterocycles. The number of benzene rings is 2. The Hall–Kier alpha value is -3.02. The highest BCUT2D eigenvalue weighted by atomic mass is 16.6. The van der Waals surface area contributed by atoms with Crippen molar-refractivity contribution in [3.63, 3.8) is 0 Å². The number of hydrogen-bond acceptors (Lipinski definition) is 4. The van der Waals surface area contributed by atoms with Crippen molar-refractivity contribution in [3.05, 3.63) is 75.8 Å². The average Bonchev–Trinajstić information content (AvgIpc) is 3.07. The predicted octanol–water partition coefficient (Wildman–Crippen LogP) is 3.68. The van der Waals surface area contributed by atoms with Crippen molar-refractivity contribution < 1.29 is 9.72 Å². The lowest BCUT2D eigenvalue weighted by atomic mass is 9.98. The Kier molecular flexibility index (Phi) is 4.37. The van der Waals surface area contributed by atoms with Crippen LogP contribution in [0.15, 0.2) is 59.7 Å². The quantitative estimate of drug-likeness (QED) is 0.636. The van der Waals surface area contributed by atoms with Crippen molar-refractivity contribution in [2.75, 3.05) is 0 Å². The van der Waals surface area contributed by atoms with Crippen LogP contribution in [0, 0.1) is 10.1 Å². The van der Waals surface area contributed by atoms with Crippen molar-refractivity contribution in [1.82, 2.24) is 5.01 Å². The number of amides is 1. The first-order valence-electron chi connectivity index (χ1n) is 7.79. The van der Waals surface area contributed by atoms with Crippen LogP contribution in [0.5, 0.6) is 0 Å². The SMILES string of the molecule is CCC(=O)N1N=C(c2ccccc2)C[C@H]1c1cccc([N+](=O)[O-])c1. The minimum atomic E-state index is -0.427. The molecule has 122 valence electrons. The maximum atomic E-state index is 12.3. The first kappa shape index (κ1) is 15.9. The van der Waals surface area contributed by atoms with Gasteiger partial charge in [0.1, 0.15) is 0 Å². The van der Waals surface area contributed by atoms with E-state index in [0.717, 1.165) is 16.8 Å². The Bertz CT molecular complexity index is 802. The zero-order valence-corrected chi connectivity index (χ0v) is 13.3. The topological polar surface area (TPSA) is 75.8 Å². The van der Waals surface area contributed by atoms with E-state index in [2.05, 4.69) is 5.10 Å². The zero-order valence-electron chi connectivity index (χ0n) is 13.3. The molecule has 1 aliphatic heterocycles. The summed E-state index contributed by atoms with van der Waals surface area (Å²) in [6.45, 7) is 1.78. The number of nitro benzene ring substituents is 1. The molecule has 0 radical (unpaired) electrons. The highest BCUT2D eigenvalue weighted by Crippen LogP contribution is 2.34. The summed E-state index contributed by atoms with van der Waals surface area (Å²) < 4.78 is 0. The first-order chi connectivity index (χ1) is 11.6. The fourth-order valence-electron chi connectivity index (χ4n) is 2.81. The highest BCUT2D eigenvalue weighted by Gasteiger charge is 2.32. The smallest absolute Gasteiger partial charge is 0.269 e. The lowest BCUT2D eigenvalue weighted by Crippen LogP contribution is -2.26. The predicted molar refractivity (Wildman–Crippen MR) is 90.6 cm³/mol. The van der Waals surface area contributed by atoms with Crippen LogP contribution in [0.2, 0.25) is 0 Å². The molecular formula is C18H17N3O3. The summed E-state index contributed by atoms with van der Waals surface area (Å²) in [5.74, 6) is -0.0996. The molecule has 0 N–H and O–H groups in total. The number of carbonyl (C=O) groups is 1. The number of hydrazone groups is 1. The lowest BCUT2D eigenvalue weighted by Gasteiger charge is -2.21. The Balaban J connectivity index is 1.97. The van der Waals surface area contributed by atoms with Gasteiger partial charge in [0, 0.05) is 25.0 Å². The number of hydrogen-bond donors (Lipinski definition) is 0. The van der Waals surface area contributed by atoms with E-state index in [9.17, 15) is 14.9 Å². The highest BCUT2D eigenvalue weighted by molar-refractivity contribution is 6.03. The summed E-state index contributed by atoms with van der Waals surface area (Å²) in [6.07, 6.45) is 0.869. The summed E-state index contributed by atoms with van der Waals surface area (Å²) in [6, 6.07) is 15.8. The summed E-state index contributed by atoms with van der Waals surface area (Å²) >= 11 is 0. The van der Waals surface area contributed by atoms with Crippen molar-refractivity contribution in [3.8, 4) is 0 Å². The molecule has 0 spiro atoms. The Morgan fingerprint density at radius 3 is 2.67 bits per heavy atom. The van der Waals surface area contributed by atoms with Gasteiger partial charge < -0.3 is 0 Å². The average molecular weight is 323 g/mol. The number of rotatable bonds is 4. The zero-order chi connectivity index (χ0) is 17.1. The molecular weight excluding hydrogens is 306 g/mol. The molecule has 0 unspecified atom stereocenters. The van der Waals surface area contributed by atoms with E-state index >= 15 is 0 Å². The van der Waals surface area contributed by atoms with Crippen LogP contribution < -0.4 is 0 Å². The van der Waals surface area contributed by atoms with Gasteiger partial charge in [0.2, 0.25) is 5.91 Å². The van der Waals surface area contributed by atoms with Crippen molar-refractivity contribution in [2.45, 2.75) is 25.8 Å².